The molecule has 0 unspecified atom stereocenters. The summed E-state index contributed by atoms with van der Waals surface area (Å²) in [7, 11) is 0. The molecule has 3 N–H and O–H groups in total. The van der Waals surface area contributed by atoms with Gasteiger partial charge in [0.25, 0.3) is 5.56 Å². The van der Waals surface area contributed by atoms with Gasteiger partial charge in [-0.05, 0) is 18.1 Å². The van der Waals surface area contributed by atoms with E-state index in [2.05, 4.69) is 9.97 Å². The summed E-state index contributed by atoms with van der Waals surface area (Å²) in [6.07, 6.45) is 2.19. The van der Waals surface area contributed by atoms with Gasteiger partial charge in [0.1, 0.15) is 0 Å². The molecule has 7 nitrogen and oxygen atoms in total. The van der Waals surface area contributed by atoms with Crippen molar-refractivity contribution in [2.24, 2.45) is 5.73 Å². The van der Waals surface area contributed by atoms with Crippen molar-refractivity contribution in [3.05, 3.63) is 57.3 Å². The lowest BCUT2D eigenvalue weighted by Gasteiger charge is -2.04. The third-order valence-corrected chi connectivity index (χ3v) is 4.32. The molecule has 4 rings (SSSR count). The van der Waals surface area contributed by atoms with Crippen molar-refractivity contribution >= 4 is 11.6 Å². The van der Waals surface area contributed by atoms with Gasteiger partial charge in [-0.2, -0.15) is 0 Å². The van der Waals surface area contributed by atoms with E-state index in [1.165, 1.54) is 0 Å². The molecule has 3 aromatic rings. The Kier molecular flexibility index (Phi) is 3.24. The molecule has 0 spiro atoms. The number of imidazole rings is 1. The van der Waals surface area contributed by atoms with Crippen LogP contribution >= 0.6 is 0 Å². The van der Waals surface area contributed by atoms with E-state index in [1.807, 2.05) is 18.2 Å². The summed E-state index contributed by atoms with van der Waals surface area (Å²) < 4.78 is 6.65. The van der Waals surface area contributed by atoms with E-state index in [1.54, 1.807) is 17.5 Å². The molecule has 0 saturated carbocycles. The summed E-state index contributed by atoms with van der Waals surface area (Å²) in [5, 5.41) is 0. The van der Waals surface area contributed by atoms with Crippen LogP contribution in [-0.2, 0) is 17.7 Å². The number of nitrogens with one attached hydrogen (secondary N) is 1. The fraction of sp³-hybridized carbons (Fsp3) is 0.235. The van der Waals surface area contributed by atoms with Gasteiger partial charge in [0.2, 0.25) is 5.65 Å². The average molecular weight is 324 g/mol. The van der Waals surface area contributed by atoms with Crippen LogP contribution in [0.3, 0.4) is 0 Å². The molecule has 0 aliphatic heterocycles. The number of hydrogen-bond acceptors (Lipinski definition) is 5. The van der Waals surface area contributed by atoms with Crippen molar-refractivity contribution in [2.75, 3.05) is 6.61 Å². The van der Waals surface area contributed by atoms with Gasteiger partial charge >= 0.3 is 5.97 Å². The Bertz CT molecular complexity index is 1030. The second kappa shape index (κ2) is 5.31. The molecule has 122 valence electrons. The molecule has 1 aliphatic rings. The van der Waals surface area contributed by atoms with E-state index in [0.29, 0.717) is 13.0 Å². The first kappa shape index (κ1) is 14.6. The Morgan fingerprint density at radius 3 is 3.04 bits per heavy atom. The third kappa shape index (κ3) is 1.98. The monoisotopic (exact) mass is 324 g/mol. The second-order valence-corrected chi connectivity index (χ2v) is 5.64. The number of aromatic amines is 1. The molecule has 1 aliphatic carbocycles. The van der Waals surface area contributed by atoms with E-state index in [0.717, 1.165) is 28.1 Å². The van der Waals surface area contributed by atoms with Crippen LogP contribution in [0.15, 0.2) is 29.2 Å². The fourth-order valence-corrected chi connectivity index (χ4v) is 3.24. The van der Waals surface area contributed by atoms with Gasteiger partial charge in [0.15, 0.2) is 5.69 Å². The van der Waals surface area contributed by atoms with Crippen molar-refractivity contribution < 1.29 is 9.53 Å². The topological polar surface area (TPSA) is 102 Å². The standard InChI is InChI=1S/C17H16N4O3/c1-2-24-17(23)12-8-21-13-6-11-9(7-18)4-3-5-10(11)14(13)20-16(22)15(21)19-12/h3-5,8H,2,6-7,18H2,1H3,(H,20,22). The highest BCUT2D eigenvalue weighted by Gasteiger charge is 2.26. The summed E-state index contributed by atoms with van der Waals surface area (Å²) in [6.45, 7) is 2.41. The lowest BCUT2D eigenvalue weighted by Crippen LogP contribution is -2.13. The maximum absolute atomic E-state index is 12.4. The van der Waals surface area contributed by atoms with Crippen LogP contribution in [0.25, 0.3) is 16.9 Å². The number of rotatable bonds is 3. The van der Waals surface area contributed by atoms with Crippen LogP contribution in [0.5, 0.6) is 0 Å². The number of benzene rings is 1. The minimum absolute atomic E-state index is 0.130. The van der Waals surface area contributed by atoms with Gasteiger partial charge < -0.3 is 15.5 Å². The Morgan fingerprint density at radius 2 is 2.29 bits per heavy atom. The summed E-state index contributed by atoms with van der Waals surface area (Å²) in [4.78, 5) is 31.3. The first-order valence-corrected chi connectivity index (χ1v) is 7.76. The molecule has 0 radical (unpaired) electrons. The number of fused-ring (bicyclic) bond motifs is 5. The predicted octanol–water partition coefficient (Wildman–Crippen LogP) is 1.23. The molecular formula is C17H16N4O3. The number of nitrogens with two attached hydrogens (primary N) is 1. The zero-order valence-corrected chi connectivity index (χ0v) is 13.1. The number of aromatic nitrogens is 3. The zero-order chi connectivity index (χ0) is 16.8. The molecule has 0 amide bonds. The highest BCUT2D eigenvalue weighted by Crippen LogP contribution is 2.36. The Morgan fingerprint density at radius 1 is 1.46 bits per heavy atom. The normalized spacial score (nSPS) is 12.2. The van der Waals surface area contributed by atoms with Crippen molar-refractivity contribution in [1.82, 2.24) is 14.4 Å². The van der Waals surface area contributed by atoms with Crippen LogP contribution in [-0.4, -0.2) is 26.9 Å². The maximum atomic E-state index is 12.4. The molecule has 1 aromatic carbocycles. The average Bonchev–Trinajstić information content (AvgIpc) is 3.17. The maximum Gasteiger partial charge on any atom is 0.358 e. The first-order valence-electron chi connectivity index (χ1n) is 7.76. The minimum Gasteiger partial charge on any atom is -0.461 e. The minimum atomic E-state index is -0.535. The van der Waals surface area contributed by atoms with Crippen molar-refractivity contribution in [2.45, 2.75) is 19.9 Å². The van der Waals surface area contributed by atoms with E-state index < -0.39 is 5.97 Å². The summed E-state index contributed by atoms with van der Waals surface area (Å²) in [5.74, 6) is -0.535. The number of H-pyrrole nitrogens is 1. The molecular weight excluding hydrogens is 308 g/mol. The molecule has 7 heteroatoms. The van der Waals surface area contributed by atoms with Crippen LogP contribution in [0.1, 0.15) is 34.2 Å². The summed E-state index contributed by atoms with van der Waals surface area (Å²) >= 11 is 0. The van der Waals surface area contributed by atoms with E-state index in [-0.39, 0.29) is 23.5 Å². The number of esters is 1. The number of hydrogen-bond donors (Lipinski definition) is 2. The number of carbonyl (C=O) groups excluding carboxylic acids is 1. The quantitative estimate of drug-likeness (QED) is 0.552. The Hall–Kier alpha value is -2.93. The Balaban J connectivity index is 1.95. The van der Waals surface area contributed by atoms with Gasteiger partial charge in [-0.3, -0.25) is 9.20 Å². The fourth-order valence-electron chi connectivity index (χ4n) is 3.24. The Labute approximate surface area is 137 Å². The van der Waals surface area contributed by atoms with E-state index in [9.17, 15) is 9.59 Å². The van der Waals surface area contributed by atoms with E-state index >= 15 is 0 Å². The van der Waals surface area contributed by atoms with Crippen molar-refractivity contribution in [3.63, 3.8) is 0 Å². The van der Waals surface area contributed by atoms with Crippen LogP contribution in [0.4, 0.5) is 0 Å². The summed E-state index contributed by atoms with van der Waals surface area (Å²) in [5.41, 5.74) is 10.6. The highest BCUT2D eigenvalue weighted by molar-refractivity contribution is 5.88. The van der Waals surface area contributed by atoms with Crippen LogP contribution in [0.2, 0.25) is 0 Å². The van der Waals surface area contributed by atoms with Gasteiger partial charge in [-0.25, -0.2) is 9.78 Å². The molecule has 2 aromatic heterocycles. The lowest BCUT2D eigenvalue weighted by molar-refractivity contribution is 0.0520. The van der Waals surface area contributed by atoms with Gasteiger partial charge in [-0.15, -0.1) is 0 Å². The highest BCUT2D eigenvalue weighted by atomic mass is 16.5. The molecule has 0 atom stereocenters. The zero-order valence-electron chi connectivity index (χ0n) is 13.1. The van der Waals surface area contributed by atoms with Gasteiger partial charge in [0.05, 0.1) is 18.0 Å². The number of ether oxygens (including phenoxy) is 1. The van der Waals surface area contributed by atoms with Crippen LogP contribution < -0.4 is 11.3 Å². The van der Waals surface area contributed by atoms with Crippen LogP contribution in [0, 0.1) is 0 Å². The van der Waals surface area contributed by atoms with E-state index in [4.69, 9.17) is 10.5 Å². The summed E-state index contributed by atoms with van der Waals surface area (Å²) in [6, 6.07) is 5.87. The predicted molar refractivity (Wildman–Crippen MR) is 87.9 cm³/mol. The first-order chi connectivity index (χ1) is 11.6. The molecule has 24 heavy (non-hydrogen) atoms. The SMILES string of the molecule is CCOC(=O)c1cn2c3c([nH]c(=O)c2n1)-c1cccc(CN)c1C3. The molecule has 0 saturated heterocycles. The second-order valence-electron chi connectivity index (χ2n) is 5.64. The number of carbonyl (C=O) groups is 1. The largest absolute Gasteiger partial charge is 0.461 e. The molecule has 2 heterocycles. The molecule has 0 fully saturated rings. The van der Waals surface area contributed by atoms with Gasteiger partial charge in [0, 0.05) is 24.7 Å². The van der Waals surface area contributed by atoms with Gasteiger partial charge in [-0.1, -0.05) is 18.2 Å². The molecule has 0 bridgehead atoms. The smallest absolute Gasteiger partial charge is 0.358 e. The van der Waals surface area contributed by atoms with Crippen molar-refractivity contribution in [1.29, 1.82) is 0 Å². The number of nitrogens with zero attached hydrogens (tertiary/aromatic N) is 2. The van der Waals surface area contributed by atoms with Crippen molar-refractivity contribution in [3.8, 4) is 11.3 Å². The lowest BCUT2D eigenvalue weighted by atomic mass is 10.0. The third-order valence-electron chi connectivity index (χ3n) is 4.32.